The number of anilines is 1. The molecule has 0 fully saturated rings. The van der Waals surface area contributed by atoms with Crippen LogP contribution < -0.4 is 5.73 Å². The molecule has 0 bridgehead atoms. The third-order valence-corrected chi connectivity index (χ3v) is 3.26. The van der Waals surface area contributed by atoms with Gasteiger partial charge < -0.3 is 10.6 Å². The second kappa shape index (κ2) is 5.85. The smallest absolute Gasteiger partial charge is 0.253 e. The quantitative estimate of drug-likeness (QED) is 0.837. The number of nitrogens with two attached hydrogens (primary N) is 1. The normalized spacial score (nSPS) is 12.3. The second-order valence-electron chi connectivity index (χ2n) is 4.87. The first-order chi connectivity index (χ1) is 8.36. The van der Waals surface area contributed by atoms with Gasteiger partial charge in [0.25, 0.3) is 5.91 Å². The summed E-state index contributed by atoms with van der Waals surface area (Å²) in [6.45, 7) is 6.41. The number of hydrogen-bond acceptors (Lipinski definition) is 2. The molecule has 1 atom stereocenters. The first-order valence-corrected chi connectivity index (χ1v) is 6.17. The van der Waals surface area contributed by atoms with Gasteiger partial charge in [-0.2, -0.15) is 0 Å². The van der Waals surface area contributed by atoms with E-state index in [-0.39, 0.29) is 5.91 Å². The van der Waals surface area contributed by atoms with Crippen molar-refractivity contribution in [2.45, 2.75) is 27.2 Å². The molecule has 1 aromatic carbocycles. The van der Waals surface area contributed by atoms with Crippen LogP contribution in [0, 0.1) is 18.7 Å². The van der Waals surface area contributed by atoms with Gasteiger partial charge in [-0.25, -0.2) is 4.39 Å². The van der Waals surface area contributed by atoms with Crippen LogP contribution in [0.25, 0.3) is 0 Å². The van der Waals surface area contributed by atoms with Crippen molar-refractivity contribution in [1.29, 1.82) is 0 Å². The molecule has 18 heavy (non-hydrogen) atoms. The molecule has 0 aromatic heterocycles. The molecule has 3 nitrogen and oxygen atoms in total. The van der Waals surface area contributed by atoms with Crippen molar-refractivity contribution in [3.8, 4) is 0 Å². The number of hydrogen-bond donors (Lipinski definition) is 1. The Bertz CT molecular complexity index is 422. The minimum absolute atomic E-state index is 0.194. The fourth-order valence-corrected chi connectivity index (χ4v) is 1.72. The van der Waals surface area contributed by atoms with Gasteiger partial charge in [0, 0.05) is 30.4 Å². The maximum atomic E-state index is 13.5. The Labute approximate surface area is 108 Å². The third-order valence-electron chi connectivity index (χ3n) is 3.26. The molecule has 0 saturated carbocycles. The third kappa shape index (κ3) is 3.22. The minimum Gasteiger partial charge on any atom is -0.398 e. The van der Waals surface area contributed by atoms with E-state index in [1.807, 2.05) is 0 Å². The molecule has 0 spiro atoms. The highest BCUT2D eigenvalue weighted by atomic mass is 19.1. The average Bonchev–Trinajstić information content (AvgIpc) is 2.33. The molecule has 0 saturated heterocycles. The van der Waals surface area contributed by atoms with Crippen LogP contribution >= 0.6 is 0 Å². The Hall–Kier alpha value is -1.58. The molecule has 1 aromatic rings. The minimum atomic E-state index is -0.435. The zero-order valence-corrected chi connectivity index (χ0v) is 11.5. The molecule has 0 aliphatic heterocycles. The van der Waals surface area contributed by atoms with Gasteiger partial charge >= 0.3 is 0 Å². The van der Waals surface area contributed by atoms with E-state index in [1.54, 1.807) is 18.9 Å². The van der Waals surface area contributed by atoms with Crippen LogP contribution in [0.2, 0.25) is 0 Å². The summed E-state index contributed by atoms with van der Waals surface area (Å²) in [6.07, 6.45) is 1.00. The van der Waals surface area contributed by atoms with Crippen LogP contribution in [0.5, 0.6) is 0 Å². The van der Waals surface area contributed by atoms with Crippen molar-refractivity contribution in [2.75, 3.05) is 19.3 Å². The van der Waals surface area contributed by atoms with Gasteiger partial charge in [0.1, 0.15) is 5.82 Å². The van der Waals surface area contributed by atoms with Gasteiger partial charge in [-0.15, -0.1) is 0 Å². The van der Waals surface area contributed by atoms with Crippen LogP contribution in [0.1, 0.15) is 36.2 Å². The molecule has 0 aliphatic rings. The van der Waals surface area contributed by atoms with Crippen molar-refractivity contribution >= 4 is 11.6 Å². The van der Waals surface area contributed by atoms with Gasteiger partial charge in [0.15, 0.2) is 0 Å². The topological polar surface area (TPSA) is 46.3 Å². The summed E-state index contributed by atoms with van der Waals surface area (Å²) in [4.78, 5) is 13.7. The zero-order chi connectivity index (χ0) is 13.9. The first-order valence-electron chi connectivity index (χ1n) is 6.17. The van der Waals surface area contributed by atoms with Crippen molar-refractivity contribution in [3.05, 3.63) is 29.1 Å². The standard InChI is InChI=1S/C14H21FN2O/c1-5-9(2)8-17(4)14(18)11-6-12(15)10(3)13(16)7-11/h6-7,9H,5,8,16H2,1-4H3. The number of carbonyl (C=O) groups is 1. The lowest BCUT2D eigenvalue weighted by atomic mass is 10.1. The van der Waals surface area contributed by atoms with Crippen LogP contribution in [0.4, 0.5) is 10.1 Å². The molecule has 100 valence electrons. The molecular weight excluding hydrogens is 231 g/mol. The molecule has 1 unspecified atom stereocenters. The summed E-state index contributed by atoms with van der Waals surface area (Å²) < 4.78 is 13.5. The highest BCUT2D eigenvalue weighted by Crippen LogP contribution is 2.19. The Morgan fingerprint density at radius 2 is 2.11 bits per heavy atom. The number of benzene rings is 1. The molecule has 0 aliphatic carbocycles. The van der Waals surface area contributed by atoms with E-state index in [0.29, 0.717) is 29.3 Å². The molecule has 0 radical (unpaired) electrons. The molecule has 2 N–H and O–H groups in total. The van der Waals surface area contributed by atoms with E-state index in [4.69, 9.17) is 5.73 Å². The van der Waals surface area contributed by atoms with Gasteiger partial charge in [-0.3, -0.25) is 4.79 Å². The predicted octanol–water partition coefficient (Wildman–Crippen LogP) is 2.83. The Morgan fingerprint density at radius 3 is 2.61 bits per heavy atom. The summed E-state index contributed by atoms with van der Waals surface area (Å²) in [5.41, 5.74) is 6.68. The molecular formula is C14H21FN2O. The molecule has 1 rings (SSSR count). The van der Waals surface area contributed by atoms with Crippen LogP contribution in [0.3, 0.4) is 0 Å². The van der Waals surface area contributed by atoms with E-state index >= 15 is 0 Å². The van der Waals surface area contributed by atoms with E-state index in [2.05, 4.69) is 13.8 Å². The van der Waals surface area contributed by atoms with Gasteiger partial charge in [0.05, 0.1) is 0 Å². The highest BCUT2D eigenvalue weighted by Gasteiger charge is 2.16. The summed E-state index contributed by atoms with van der Waals surface area (Å²) in [6, 6.07) is 2.79. The van der Waals surface area contributed by atoms with Gasteiger partial charge in [0.2, 0.25) is 0 Å². The van der Waals surface area contributed by atoms with Crippen molar-refractivity contribution in [3.63, 3.8) is 0 Å². The first kappa shape index (κ1) is 14.5. The zero-order valence-electron chi connectivity index (χ0n) is 11.5. The Morgan fingerprint density at radius 1 is 1.50 bits per heavy atom. The molecule has 4 heteroatoms. The maximum absolute atomic E-state index is 13.5. The van der Waals surface area contributed by atoms with Crippen LogP contribution in [0.15, 0.2) is 12.1 Å². The lowest BCUT2D eigenvalue weighted by Crippen LogP contribution is -2.31. The van der Waals surface area contributed by atoms with E-state index in [0.717, 1.165) is 6.42 Å². The fraction of sp³-hybridized carbons (Fsp3) is 0.500. The number of nitrogens with zero attached hydrogens (tertiary/aromatic N) is 1. The lowest BCUT2D eigenvalue weighted by Gasteiger charge is -2.21. The molecule has 1 amide bonds. The largest absolute Gasteiger partial charge is 0.398 e. The van der Waals surface area contributed by atoms with Crippen molar-refractivity contribution in [2.24, 2.45) is 5.92 Å². The number of amides is 1. The summed E-state index contributed by atoms with van der Waals surface area (Å²) in [5, 5.41) is 0. The number of nitrogen functional groups attached to an aromatic ring is 1. The Kier molecular flexibility index (Phi) is 4.70. The number of carbonyl (C=O) groups excluding carboxylic acids is 1. The number of rotatable bonds is 4. The SMILES string of the molecule is CCC(C)CN(C)C(=O)c1cc(N)c(C)c(F)c1. The summed E-state index contributed by atoms with van der Waals surface area (Å²) in [5.74, 6) is -0.206. The number of halogens is 1. The Balaban J connectivity index is 2.90. The average molecular weight is 252 g/mol. The van der Waals surface area contributed by atoms with Crippen LogP contribution in [-0.2, 0) is 0 Å². The maximum Gasteiger partial charge on any atom is 0.253 e. The van der Waals surface area contributed by atoms with Gasteiger partial charge in [-0.1, -0.05) is 20.3 Å². The van der Waals surface area contributed by atoms with Crippen molar-refractivity contribution in [1.82, 2.24) is 4.90 Å². The van der Waals surface area contributed by atoms with Crippen LogP contribution in [-0.4, -0.2) is 24.4 Å². The summed E-state index contributed by atoms with van der Waals surface area (Å²) >= 11 is 0. The lowest BCUT2D eigenvalue weighted by molar-refractivity contribution is 0.0774. The van der Waals surface area contributed by atoms with E-state index in [9.17, 15) is 9.18 Å². The molecule has 0 heterocycles. The van der Waals surface area contributed by atoms with Gasteiger partial charge in [-0.05, 0) is 25.0 Å². The van der Waals surface area contributed by atoms with Crippen molar-refractivity contribution < 1.29 is 9.18 Å². The second-order valence-corrected chi connectivity index (χ2v) is 4.87. The highest BCUT2D eigenvalue weighted by molar-refractivity contribution is 5.95. The fourth-order valence-electron chi connectivity index (χ4n) is 1.72. The van der Waals surface area contributed by atoms with E-state index in [1.165, 1.54) is 12.1 Å². The van der Waals surface area contributed by atoms with E-state index < -0.39 is 5.82 Å². The summed E-state index contributed by atoms with van der Waals surface area (Å²) in [7, 11) is 1.72. The predicted molar refractivity (Wildman–Crippen MR) is 72.0 cm³/mol. The monoisotopic (exact) mass is 252 g/mol.